The first-order valence-electron chi connectivity index (χ1n) is 14.7. The van der Waals surface area contributed by atoms with Crippen molar-refractivity contribution in [1.82, 2.24) is 19.9 Å². The van der Waals surface area contributed by atoms with Gasteiger partial charge in [-0.2, -0.15) is 0 Å². The molecule has 14 heteroatoms. The fourth-order valence-electron chi connectivity index (χ4n) is 5.71. The number of hydrogen-bond donors (Lipinski definition) is 3. The number of methoxy groups -OCH3 is 1. The number of para-hydroxylation sites is 1. The number of aromatic nitrogens is 3. The minimum Gasteiger partial charge on any atom is -0.493 e. The molecule has 1 saturated heterocycles. The number of aryl methyl sites for hydroxylation is 1. The van der Waals surface area contributed by atoms with E-state index in [2.05, 4.69) is 32.0 Å². The maximum absolute atomic E-state index is 13.0. The number of hydrogen-bond acceptors (Lipinski definition) is 11. The van der Waals surface area contributed by atoms with E-state index in [4.69, 9.17) is 26.3 Å². The van der Waals surface area contributed by atoms with E-state index >= 15 is 0 Å². The summed E-state index contributed by atoms with van der Waals surface area (Å²) in [7, 11) is 1.56. The second kappa shape index (κ2) is 13.3. The Morgan fingerprint density at radius 1 is 1.20 bits per heavy atom. The molecule has 1 fully saturated rings. The summed E-state index contributed by atoms with van der Waals surface area (Å²) in [6, 6.07) is 11.2. The van der Waals surface area contributed by atoms with Gasteiger partial charge in [-0.15, -0.1) is 0 Å². The number of fused-ring (bicyclic) bond motifs is 3. The van der Waals surface area contributed by atoms with E-state index in [1.54, 1.807) is 24.3 Å². The lowest BCUT2D eigenvalue weighted by Crippen LogP contribution is -2.61. The summed E-state index contributed by atoms with van der Waals surface area (Å²) in [6.07, 6.45) is 4.62. The largest absolute Gasteiger partial charge is 0.493 e. The molecule has 2 amide bonds. The molecule has 3 aromatic heterocycles. The number of thiazole rings is 1. The first kappa shape index (κ1) is 31.3. The van der Waals surface area contributed by atoms with Gasteiger partial charge >= 0.3 is 0 Å². The van der Waals surface area contributed by atoms with Crippen LogP contribution in [0.15, 0.2) is 61.4 Å². The van der Waals surface area contributed by atoms with Crippen LogP contribution >= 0.6 is 22.9 Å². The van der Waals surface area contributed by atoms with Gasteiger partial charge in [-0.25, -0.2) is 15.0 Å². The van der Waals surface area contributed by atoms with Crippen molar-refractivity contribution in [2.45, 2.75) is 13.0 Å². The van der Waals surface area contributed by atoms with E-state index in [1.165, 1.54) is 23.6 Å². The quantitative estimate of drug-likeness (QED) is 0.219. The number of amides is 2. The highest BCUT2D eigenvalue weighted by molar-refractivity contribution is 7.17. The van der Waals surface area contributed by atoms with E-state index in [1.807, 2.05) is 37.3 Å². The minimum atomic E-state index is -0.320. The van der Waals surface area contributed by atoms with Gasteiger partial charge < -0.3 is 35.2 Å². The van der Waals surface area contributed by atoms with Crippen LogP contribution in [0.25, 0.3) is 11.3 Å². The van der Waals surface area contributed by atoms with Gasteiger partial charge in [0.05, 0.1) is 48.0 Å². The van der Waals surface area contributed by atoms with Crippen molar-refractivity contribution in [3.63, 3.8) is 0 Å². The molecule has 6 rings (SSSR count). The summed E-state index contributed by atoms with van der Waals surface area (Å²) >= 11 is 7.46. The number of halogens is 1. The number of nitrogens with one attached hydrogen (secondary N) is 2. The Morgan fingerprint density at radius 3 is 2.80 bits per heavy atom. The van der Waals surface area contributed by atoms with Gasteiger partial charge in [-0.1, -0.05) is 41.6 Å². The lowest BCUT2D eigenvalue weighted by molar-refractivity contribution is -0.126. The molecular formula is C32H33ClN8O4S. The third kappa shape index (κ3) is 6.21. The molecular weight excluding hydrogens is 628 g/mol. The molecule has 0 aliphatic carbocycles. The fraction of sp³-hybridized carbons (Fsp3) is 0.281. The van der Waals surface area contributed by atoms with Crippen molar-refractivity contribution in [2.24, 2.45) is 0 Å². The van der Waals surface area contributed by atoms with Crippen LogP contribution in [0.2, 0.25) is 5.02 Å². The number of piperazine rings is 1. The van der Waals surface area contributed by atoms with Gasteiger partial charge in [0.1, 0.15) is 4.88 Å². The molecule has 2 aliphatic heterocycles. The number of carbonyl (C=O) groups excluding carboxylic acids is 2. The Bertz CT molecular complexity index is 1780. The third-order valence-electron chi connectivity index (χ3n) is 8.02. The number of ether oxygens (including phenoxy) is 1. The zero-order chi connectivity index (χ0) is 32.4. The number of rotatable bonds is 9. The molecule has 4 aromatic rings. The highest BCUT2D eigenvalue weighted by Crippen LogP contribution is 2.39. The normalized spacial score (nSPS) is 15.6. The predicted molar refractivity (Wildman–Crippen MR) is 181 cm³/mol. The molecule has 0 saturated carbocycles. The number of aliphatic hydroxyl groups is 1. The second-order valence-electron chi connectivity index (χ2n) is 10.9. The number of anilines is 5. The first-order valence-corrected chi connectivity index (χ1v) is 15.9. The number of β-amino-alcohol motifs (C(OH)–C–C–N with tert-alkyl or cyclic N) is 1. The summed E-state index contributed by atoms with van der Waals surface area (Å²) in [5.74, 6) is 1.34. The second-order valence-corrected chi connectivity index (χ2v) is 12.3. The molecule has 1 atom stereocenters. The molecule has 0 spiro atoms. The molecule has 1 unspecified atom stereocenters. The van der Waals surface area contributed by atoms with Gasteiger partial charge in [-0.3, -0.25) is 9.59 Å². The highest BCUT2D eigenvalue weighted by atomic mass is 35.5. The summed E-state index contributed by atoms with van der Waals surface area (Å²) in [4.78, 5) is 45.8. The van der Waals surface area contributed by atoms with Crippen LogP contribution in [0.1, 0.15) is 15.2 Å². The minimum absolute atomic E-state index is 0.0215. The lowest BCUT2D eigenvalue weighted by Gasteiger charge is -2.48. The van der Waals surface area contributed by atoms with Crippen LogP contribution < -0.4 is 25.2 Å². The van der Waals surface area contributed by atoms with Crippen LogP contribution in [0.5, 0.6) is 5.75 Å². The van der Waals surface area contributed by atoms with Gasteiger partial charge in [-0.05, 0) is 42.8 Å². The Balaban J connectivity index is 1.24. The van der Waals surface area contributed by atoms with Crippen LogP contribution in [0.3, 0.4) is 0 Å². The van der Waals surface area contributed by atoms with E-state index in [0.717, 1.165) is 22.6 Å². The molecule has 0 radical (unpaired) electrons. The van der Waals surface area contributed by atoms with Crippen LogP contribution in [0, 0.1) is 6.92 Å². The van der Waals surface area contributed by atoms with E-state index < -0.39 is 0 Å². The van der Waals surface area contributed by atoms with Gasteiger partial charge in [0.2, 0.25) is 5.91 Å². The van der Waals surface area contributed by atoms with Gasteiger partial charge in [0.25, 0.3) is 5.91 Å². The predicted octanol–water partition coefficient (Wildman–Crippen LogP) is 4.58. The van der Waals surface area contributed by atoms with Crippen LogP contribution in [-0.4, -0.2) is 89.3 Å². The van der Waals surface area contributed by atoms with Crippen LogP contribution in [-0.2, 0) is 4.79 Å². The summed E-state index contributed by atoms with van der Waals surface area (Å²) in [5.41, 5.74) is 3.73. The van der Waals surface area contributed by atoms with Crippen molar-refractivity contribution >= 4 is 62.9 Å². The number of nitrogens with zero attached hydrogens (tertiary/aromatic N) is 6. The van der Waals surface area contributed by atoms with Gasteiger partial charge in [0.15, 0.2) is 22.5 Å². The molecule has 2 aliphatic rings. The summed E-state index contributed by atoms with van der Waals surface area (Å²) in [6.45, 7) is 8.33. The Morgan fingerprint density at radius 2 is 2.04 bits per heavy atom. The van der Waals surface area contributed by atoms with Crippen molar-refractivity contribution in [3.8, 4) is 17.0 Å². The standard InChI is InChI=1S/C32H33ClN8O4S/c1-4-27(43)40-10-11-41-21(18-40)17-39(12-13-42)24-14-20(15-34-30(24)41)23-8-9-25(45-3)29(36-23)38-32-35-16-26(46-32)31(44)37-28-19(2)6-5-7-22(28)33/h4-9,14-16,21,42H,1,10-13,17-18H2,2-3H3,(H,37,44)(H,35,36,38). The zero-order valence-electron chi connectivity index (χ0n) is 25.4. The average molecular weight is 661 g/mol. The third-order valence-corrected chi connectivity index (χ3v) is 9.25. The van der Waals surface area contributed by atoms with Gasteiger partial charge in [0, 0.05) is 44.5 Å². The fourth-order valence-corrected chi connectivity index (χ4v) is 6.69. The van der Waals surface area contributed by atoms with Crippen molar-refractivity contribution in [3.05, 3.63) is 76.9 Å². The Kier molecular flexibility index (Phi) is 9.06. The number of benzene rings is 1. The molecule has 12 nitrogen and oxygen atoms in total. The van der Waals surface area contributed by atoms with E-state index in [0.29, 0.717) is 70.7 Å². The zero-order valence-corrected chi connectivity index (χ0v) is 26.9. The van der Waals surface area contributed by atoms with E-state index in [9.17, 15) is 14.7 Å². The van der Waals surface area contributed by atoms with Crippen LogP contribution in [0.4, 0.5) is 28.1 Å². The van der Waals surface area contributed by atoms with E-state index in [-0.39, 0.29) is 24.5 Å². The highest BCUT2D eigenvalue weighted by Gasteiger charge is 2.37. The smallest absolute Gasteiger partial charge is 0.267 e. The number of carbonyl (C=O) groups is 2. The van der Waals surface area contributed by atoms with Crippen molar-refractivity contribution < 1.29 is 19.4 Å². The molecule has 1 aromatic carbocycles. The average Bonchev–Trinajstić information content (AvgIpc) is 3.54. The maximum Gasteiger partial charge on any atom is 0.267 e. The number of pyridine rings is 2. The lowest BCUT2D eigenvalue weighted by atomic mass is 10.0. The van der Waals surface area contributed by atoms with Crippen molar-refractivity contribution in [1.29, 1.82) is 0 Å². The molecule has 3 N–H and O–H groups in total. The Labute approximate surface area is 275 Å². The molecule has 5 heterocycles. The summed E-state index contributed by atoms with van der Waals surface area (Å²) < 4.78 is 5.57. The topological polar surface area (TPSA) is 136 Å². The molecule has 0 bridgehead atoms. The van der Waals surface area contributed by atoms with Crippen molar-refractivity contribution in [2.75, 3.05) is 66.9 Å². The summed E-state index contributed by atoms with van der Waals surface area (Å²) in [5, 5.41) is 16.8. The maximum atomic E-state index is 13.0. The monoisotopic (exact) mass is 660 g/mol. The SMILES string of the molecule is C=CC(=O)N1CCN2c3ncc(-c4ccc(OC)c(Nc5ncc(C(=O)Nc6c(C)cccc6Cl)s5)n4)cc3N(CCO)CC2C1. The molecule has 46 heavy (non-hydrogen) atoms. The first-order chi connectivity index (χ1) is 22.3. The number of aliphatic hydroxyl groups excluding tert-OH is 1. The Hall–Kier alpha value is -4.72. The molecule has 238 valence electrons.